The van der Waals surface area contributed by atoms with E-state index in [1.54, 1.807) is 24.3 Å². The summed E-state index contributed by atoms with van der Waals surface area (Å²) < 4.78 is 0. The third-order valence-electron chi connectivity index (χ3n) is 2.81. The first-order valence-corrected chi connectivity index (χ1v) is 6.35. The van der Waals surface area contributed by atoms with E-state index in [-0.39, 0.29) is 12.3 Å². The summed E-state index contributed by atoms with van der Waals surface area (Å²) in [5, 5.41) is 5.22. The number of amides is 2. The third-order valence-corrected chi connectivity index (χ3v) is 2.81. The van der Waals surface area contributed by atoms with Crippen LogP contribution in [-0.2, 0) is 0 Å². The molecule has 0 radical (unpaired) electrons. The maximum atomic E-state index is 11.8. The third kappa shape index (κ3) is 3.95. The Labute approximate surface area is 117 Å². The molecule has 0 unspecified atom stereocenters. The largest absolute Gasteiger partial charge is 0.330 e. The van der Waals surface area contributed by atoms with Crippen LogP contribution in [0.1, 0.15) is 15.9 Å². The fourth-order valence-corrected chi connectivity index (χ4v) is 1.70. The Kier molecular flexibility index (Phi) is 4.50. The number of urea groups is 1. The molecule has 0 aliphatic heterocycles. The summed E-state index contributed by atoms with van der Waals surface area (Å²) in [6, 6.07) is 15.9. The lowest BCUT2D eigenvalue weighted by Gasteiger charge is -2.07. The van der Waals surface area contributed by atoms with Gasteiger partial charge in [-0.3, -0.25) is 4.79 Å². The van der Waals surface area contributed by atoms with E-state index in [4.69, 9.17) is 0 Å². The van der Waals surface area contributed by atoms with Crippen LogP contribution in [0.3, 0.4) is 0 Å². The van der Waals surface area contributed by atoms with Crippen molar-refractivity contribution < 1.29 is 9.59 Å². The highest BCUT2D eigenvalue weighted by Gasteiger charge is 2.07. The molecule has 0 heterocycles. The molecule has 0 saturated heterocycles. The minimum Gasteiger partial charge on any atom is -0.330 e. The van der Waals surface area contributed by atoms with Crippen LogP contribution in [-0.4, -0.2) is 18.4 Å². The summed E-state index contributed by atoms with van der Waals surface area (Å²) in [6.07, 6.45) is 0. The summed E-state index contributed by atoms with van der Waals surface area (Å²) >= 11 is 0. The first-order chi connectivity index (χ1) is 9.65. The Bertz CT molecular complexity index is 592. The van der Waals surface area contributed by atoms with Gasteiger partial charge < -0.3 is 10.6 Å². The molecule has 102 valence electrons. The first-order valence-electron chi connectivity index (χ1n) is 6.35. The average molecular weight is 268 g/mol. The first kappa shape index (κ1) is 13.8. The zero-order chi connectivity index (χ0) is 14.4. The van der Waals surface area contributed by atoms with E-state index in [0.29, 0.717) is 11.3 Å². The van der Waals surface area contributed by atoms with Crippen molar-refractivity contribution in [2.24, 2.45) is 0 Å². The minimum atomic E-state index is -0.391. The summed E-state index contributed by atoms with van der Waals surface area (Å²) in [5.74, 6) is -0.121. The maximum Gasteiger partial charge on any atom is 0.319 e. The number of hydrogen-bond acceptors (Lipinski definition) is 2. The monoisotopic (exact) mass is 268 g/mol. The molecule has 0 saturated carbocycles. The highest BCUT2D eigenvalue weighted by atomic mass is 16.2. The van der Waals surface area contributed by atoms with Crippen molar-refractivity contribution >= 4 is 17.5 Å². The van der Waals surface area contributed by atoms with Crippen molar-refractivity contribution in [1.82, 2.24) is 5.32 Å². The van der Waals surface area contributed by atoms with E-state index < -0.39 is 6.03 Å². The van der Waals surface area contributed by atoms with Crippen LogP contribution < -0.4 is 10.6 Å². The van der Waals surface area contributed by atoms with Gasteiger partial charge >= 0.3 is 6.03 Å². The molecule has 0 spiro atoms. The molecule has 2 N–H and O–H groups in total. The number of aryl methyl sites for hydroxylation is 1. The molecule has 0 aliphatic rings. The molecule has 2 aromatic rings. The number of benzene rings is 2. The molecule has 4 heteroatoms. The molecule has 0 aliphatic carbocycles. The molecule has 0 bridgehead atoms. The molecule has 0 aromatic heterocycles. The smallest absolute Gasteiger partial charge is 0.319 e. The minimum absolute atomic E-state index is 0.0261. The van der Waals surface area contributed by atoms with Crippen LogP contribution in [0.4, 0.5) is 10.5 Å². The van der Waals surface area contributed by atoms with Crippen molar-refractivity contribution in [1.29, 1.82) is 0 Å². The van der Waals surface area contributed by atoms with Crippen molar-refractivity contribution in [2.45, 2.75) is 6.92 Å². The van der Waals surface area contributed by atoms with Gasteiger partial charge in [0.25, 0.3) is 0 Å². The van der Waals surface area contributed by atoms with Gasteiger partial charge in [0.05, 0.1) is 6.54 Å². The second-order valence-corrected chi connectivity index (χ2v) is 4.46. The molecule has 0 atom stereocenters. The molecule has 0 fully saturated rings. The van der Waals surface area contributed by atoms with Crippen LogP contribution in [0.15, 0.2) is 54.6 Å². The topological polar surface area (TPSA) is 58.2 Å². The SMILES string of the molecule is Cc1ccc(NC(=O)NCC(=O)c2ccccc2)cc1. The molecule has 2 aromatic carbocycles. The van der Waals surface area contributed by atoms with Crippen molar-refractivity contribution in [3.8, 4) is 0 Å². The van der Waals surface area contributed by atoms with Crippen LogP contribution in [0, 0.1) is 6.92 Å². The van der Waals surface area contributed by atoms with E-state index in [1.165, 1.54) is 0 Å². The number of ketones is 1. The van der Waals surface area contributed by atoms with Gasteiger partial charge in [0.2, 0.25) is 0 Å². The number of rotatable bonds is 4. The Morgan fingerprint density at radius 3 is 2.25 bits per heavy atom. The molecular weight excluding hydrogens is 252 g/mol. The fourth-order valence-electron chi connectivity index (χ4n) is 1.70. The van der Waals surface area contributed by atoms with E-state index >= 15 is 0 Å². The maximum absolute atomic E-state index is 11.8. The lowest BCUT2D eigenvalue weighted by molar-refractivity contribution is 0.0993. The van der Waals surface area contributed by atoms with Gasteiger partial charge in [-0.1, -0.05) is 48.0 Å². The van der Waals surface area contributed by atoms with Crippen LogP contribution >= 0.6 is 0 Å². The Balaban J connectivity index is 1.83. The second kappa shape index (κ2) is 6.52. The van der Waals surface area contributed by atoms with Gasteiger partial charge in [0.15, 0.2) is 5.78 Å². The van der Waals surface area contributed by atoms with Crippen LogP contribution in [0.25, 0.3) is 0 Å². The summed E-state index contributed by atoms with van der Waals surface area (Å²) in [7, 11) is 0. The van der Waals surface area contributed by atoms with Gasteiger partial charge in [0, 0.05) is 11.3 Å². The lowest BCUT2D eigenvalue weighted by Crippen LogP contribution is -2.33. The molecule has 2 rings (SSSR count). The van der Waals surface area contributed by atoms with Crippen LogP contribution in [0.2, 0.25) is 0 Å². The highest BCUT2D eigenvalue weighted by molar-refractivity contribution is 6.00. The number of anilines is 1. The fraction of sp³-hybridized carbons (Fsp3) is 0.125. The number of carbonyl (C=O) groups excluding carboxylic acids is 2. The van der Waals surface area contributed by atoms with Gasteiger partial charge in [-0.05, 0) is 19.1 Å². The Morgan fingerprint density at radius 1 is 0.950 bits per heavy atom. The predicted molar refractivity (Wildman–Crippen MR) is 79.0 cm³/mol. The standard InChI is InChI=1S/C16H16N2O2/c1-12-7-9-14(10-8-12)18-16(20)17-11-15(19)13-5-3-2-4-6-13/h2-10H,11H2,1H3,(H2,17,18,20). The Hall–Kier alpha value is -2.62. The van der Waals surface area contributed by atoms with E-state index in [1.807, 2.05) is 37.3 Å². The van der Waals surface area contributed by atoms with Crippen LogP contribution in [0.5, 0.6) is 0 Å². The predicted octanol–water partition coefficient (Wildman–Crippen LogP) is 3.00. The number of carbonyl (C=O) groups is 2. The van der Waals surface area contributed by atoms with Gasteiger partial charge in [-0.15, -0.1) is 0 Å². The average Bonchev–Trinajstić information content (AvgIpc) is 2.48. The molecule has 2 amide bonds. The zero-order valence-electron chi connectivity index (χ0n) is 11.2. The van der Waals surface area contributed by atoms with Crippen molar-refractivity contribution in [3.05, 3.63) is 65.7 Å². The van der Waals surface area contributed by atoms with E-state index in [2.05, 4.69) is 10.6 Å². The molecular formula is C16H16N2O2. The number of Topliss-reactive ketones (excluding diaryl/α,β-unsaturated/α-hetero) is 1. The van der Waals surface area contributed by atoms with E-state index in [9.17, 15) is 9.59 Å². The normalized spacial score (nSPS) is 9.85. The second-order valence-electron chi connectivity index (χ2n) is 4.46. The highest BCUT2D eigenvalue weighted by Crippen LogP contribution is 2.08. The quantitative estimate of drug-likeness (QED) is 0.837. The number of nitrogens with one attached hydrogen (secondary N) is 2. The van der Waals surface area contributed by atoms with E-state index in [0.717, 1.165) is 5.56 Å². The summed E-state index contributed by atoms with van der Waals surface area (Å²) in [4.78, 5) is 23.5. The zero-order valence-corrected chi connectivity index (χ0v) is 11.2. The van der Waals surface area contributed by atoms with Crippen molar-refractivity contribution in [2.75, 3.05) is 11.9 Å². The van der Waals surface area contributed by atoms with Crippen molar-refractivity contribution in [3.63, 3.8) is 0 Å². The van der Waals surface area contributed by atoms with Gasteiger partial charge in [-0.2, -0.15) is 0 Å². The summed E-state index contributed by atoms with van der Waals surface area (Å²) in [5.41, 5.74) is 2.40. The van der Waals surface area contributed by atoms with Gasteiger partial charge in [0.1, 0.15) is 0 Å². The molecule has 20 heavy (non-hydrogen) atoms. The Morgan fingerprint density at radius 2 is 1.60 bits per heavy atom. The van der Waals surface area contributed by atoms with Gasteiger partial charge in [-0.25, -0.2) is 4.79 Å². The lowest BCUT2D eigenvalue weighted by atomic mass is 10.1. The summed E-state index contributed by atoms with van der Waals surface area (Å²) in [6.45, 7) is 1.95. The molecule has 4 nitrogen and oxygen atoms in total. The number of hydrogen-bond donors (Lipinski definition) is 2.